The lowest BCUT2D eigenvalue weighted by Crippen LogP contribution is -2.45. The van der Waals surface area contributed by atoms with E-state index in [9.17, 15) is 19.3 Å². The molecule has 1 rings (SSSR count). The number of aliphatic imine (C=N–C) groups is 1. The first kappa shape index (κ1) is 20.7. The van der Waals surface area contributed by atoms with Crippen molar-refractivity contribution in [1.82, 2.24) is 16.1 Å². The maximum absolute atomic E-state index is 12.1. The Kier molecular flexibility index (Phi) is 8.41. The SMILES string of the molecule is CC(C)C(CC(=O)O)NC(=O)CNC(=O)c1cccc(N=CNN=O)c1. The van der Waals surface area contributed by atoms with Gasteiger partial charge in [0.1, 0.15) is 6.34 Å². The molecule has 140 valence electrons. The Bertz CT molecular complexity index is 689. The van der Waals surface area contributed by atoms with Crippen LogP contribution in [-0.4, -0.2) is 41.8 Å². The Labute approximate surface area is 150 Å². The number of benzene rings is 1. The summed E-state index contributed by atoms with van der Waals surface area (Å²) in [5.41, 5.74) is 2.70. The number of aliphatic carboxylic acids is 1. The van der Waals surface area contributed by atoms with E-state index in [-0.39, 0.29) is 24.4 Å². The second-order valence-electron chi connectivity index (χ2n) is 5.73. The van der Waals surface area contributed by atoms with E-state index in [0.29, 0.717) is 5.69 Å². The molecule has 0 saturated heterocycles. The Morgan fingerprint density at radius 1 is 1.27 bits per heavy atom. The van der Waals surface area contributed by atoms with E-state index in [1.165, 1.54) is 6.07 Å². The van der Waals surface area contributed by atoms with Crippen molar-refractivity contribution in [3.8, 4) is 0 Å². The van der Waals surface area contributed by atoms with Crippen molar-refractivity contribution in [3.63, 3.8) is 0 Å². The van der Waals surface area contributed by atoms with E-state index in [2.05, 4.69) is 20.9 Å². The van der Waals surface area contributed by atoms with E-state index in [4.69, 9.17) is 5.11 Å². The van der Waals surface area contributed by atoms with Crippen molar-refractivity contribution in [2.75, 3.05) is 6.54 Å². The zero-order chi connectivity index (χ0) is 19.5. The van der Waals surface area contributed by atoms with Gasteiger partial charge in [-0.1, -0.05) is 19.9 Å². The van der Waals surface area contributed by atoms with E-state index >= 15 is 0 Å². The smallest absolute Gasteiger partial charge is 0.305 e. The Hall–Kier alpha value is -3.30. The molecular weight excluding hydrogens is 342 g/mol. The third-order valence-electron chi connectivity index (χ3n) is 3.39. The number of hydrogen-bond acceptors (Lipinski definition) is 6. The number of nitrogens with one attached hydrogen (secondary N) is 3. The molecule has 2 amide bonds. The highest BCUT2D eigenvalue weighted by Crippen LogP contribution is 2.13. The molecule has 10 nitrogen and oxygen atoms in total. The number of carboxylic acid groups (broad SMARTS) is 1. The van der Waals surface area contributed by atoms with Crippen LogP contribution in [0, 0.1) is 10.8 Å². The molecule has 0 aliphatic rings. The topological polar surface area (TPSA) is 149 Å². The molecule has 0 aromatic heterocycles. The number of rotatable bonds is 10. The van der Waals surface area contributed by atoms with Crippen molar-refractivity contribution in [1.29, 1.82) is 0 Å². The molecule has 1 atom stereocenters. The number of carbonyl (C=O) groups is 3. The molecule has 0 aliphatic carbocycles. The largest absolute Gasteiger partial charge is 0.481 e. The molecule has 0 bridgehead atoms. The fourth-order valence-electron chi connectivity index (χ4n) is 2.02. The van der Waals surface area contributed by atoms with Crippen LogP contribution in [0.15, 0.2) is 34.5 Å². The minimum absolute atomic E-state index is 0.0604. The highest BCUT2D eigenvalue weighted by atomic mass is 16.4. The Morgan fingerprint density at radius 2 is 2.00 bits per heavy atom. The zero-order valence-corrected chi connectivity index (χ0v) is 14.4. The number of amides is 2. The molecule has 0 radical (unpaired) electrons. The van der Waals surface area contributed by atoms with Gasteiger partial charge in [0.05, 0.1) is 23.9 Å². The summed E-state index contributed by atoms with van der Waals surface area (Å²) in [6, 6.07) is 5.70. The molecule has 1 unspecified atom stereocenters. The van der Waals surface area contributed by atoms with Crippen molar-refractivity contribution in [2.24, 2.45) is 16.2 Å². The number of carboxylic acids is 1. The van der Waals surface area contributed by atoms with Crippen LogP contribution in [0.25, 0.3) is 0 Å². The maximum atomic E-state index is 12.1. The van der Waals surface area contributed by atoms with E-state index in [0.717, 1.165) is 6.34 Å². The van der Waals surface area contributed by atoms with E-state index < -0.39 is 23.8 Å². The number of nitroso groups, excluding NO2 is 1. The normalized spacial score (nSPS) is 11.8. The second-order valence-corrected chi connectivity index (χ2v) is 5.73. The summed E-state index contributed by atoms with van der Waals surface area (Å²) >= 11 is 0. The lowest BCUT2D eigenvalue weighted by molar-refractivity contribution is -0.138. The highest BCUT2D eigenvalue weighted by Gasteiger charge is 2.19. The number of hydrogen-bond donors (Lipinski definition) is 4. The Balaban J connectivity index is 2.60. The second kappa shape index (κ2) is 10.5. The van der Waals surface area contributed by atoms with Gasteiger partial charge in [0.25, 0.3) is 5.91 Å². The average Bonchev–Trinajstić information content (AvgIpc) is 2.59. The summed E-state index contributed by atoms with van der Waals surface area (Å²) in [4.78, 5) is 48.6. The highest BCUT2D eigenvalue weighted by molar-refractivity contribution is 5.97. The fourth-order valence-corrected chi connectivity index (χ4v) is 2.02. The van der Waals surface area contributed by atoms with Gasteiger partial charge in [-0.2, -0.15) is 0 Å². The molecule has 0 fully saturated rings. The minimum atomic E-state index is -1.01. The van der Waals surface area contributed by atoms with Crippen LogP contribution >= 0.6 is 0 Å². The molecule has 4 N–H and O–H groups in total. The fraction of sp³-hybridized carbons (Fsp3) is 0.375. The molecule has 1 aromatic carbocycles. The maximum Gasteiger partial charge on any atom is 0.305 e. The predicted molar refractivity (Wildman–Crippen MR) is 94.9 cm³/mol. The molecule has 0 heterocycles. The molecule has 0 spiro atoms. The lowest BCUT2D eigenvalue weighted by atomic mass is 10.0. The summed E-state index contributed by atoms with van der Waals surface area (Å²) in [5, 5.41) is 16.3. The van der Waals surface area contributed by atoms with Gasteiger partial charge in [0.2, 0.25) is 5.91 Å². The van der Waals surface area contributed by atoms with Crippen molar-refractivity contribution in [2.45, 2.75) is 26.3 Å². The average molecular weight is 363 g/mol. The third kappa shape index (κ3) is 7.51. The van der Waals surface area contributed by atoms with Crippen molar-refractivity contribution < 1.29 is 19.5 Å². The minimum Gasteiger partial charge on any atom is -0.481 e. The van der Waals surface area contributed by atoms with Gasteiger partial charge in [-0.15, -0.1) is 4.91 Å². The monoisotopic (exact) mass is 363 g/mol. The molecule has 1 aromatic rings. The molecular formula is C16H21N5O5. The first-order valence-electron chi connectivity index (χ1n) is 7.83. The first-order chi connectivity index (χ1) is 12.3. The van der Waals surface area contributed by atoms with E-state index in [1.807, 2.05) is 5.43 Å². The van der Waals surface area contributed by atoms with E-state index in [1.54, 1.807) is 32.0 Å². The van der Waals surface area contributed by atoms with Gasteiger partial charge in [-0.25, -0.2) is 10.4 Å². The van der Waals surface area contributed by atoms with Crippen LogP contribution in [-0.2, 0) is 9.59 Å². The van der Waals surface area contributed by atoms with Gasteiger partial charge in [0, 0.05) is 11.6 Å². The van der Waals surface area contributed by atoms with Crippen LogP contribution in [0.3, 0.4) is 0 Å². The summed E-state index contributed by atoms with van der Waals surface area (Å²) in [7, 11) is 0. The number of carbonyl (C=O) groups excluding carboxylic acids is 2. The van der Waals surface area contributed by atoms with Crippen molar-refractivity contribution in [3.05, 3.63) is 34.7 Å². The summed E-state index contributed by atoms with van der Waals surface area (Å²) in [6.45, 7) is 3.31. The standard InChI is InChI=1S/C16H21N5O5/c1-10(2)13(7-15(23)24)20-14(22)8-17-16(25)11-4-3-5-12(6-11)18-9-19-21-26/h3-6,9-10,13H,7-8H2,1-2H3,(H,17,25)(H,20,22)(H,23,24)(H,18,19,26). The van der Waals surface area contributed by atoms with Crippen LogP contribution in [0.2, 0.25) is 0 Å². The summed E-state index contributed by atoms with van der Waals surface area (Å²) < 4.78 is 0. The predicted octanol–water partition coefficient (Wildman–Crippen LogP) is 0.963. The third-order valence-corrected chi connectivity index (χ3v) is 3.39. The quantitative estimate of drug-likeness (QED) is 0.210. The molecule has 10 heteroatoms. The first-order valence-corrected chi connectivity index (χ1v) is 7.83. The number of nitrogens with zero attached hydrogens (tertiary/aromatic N) is 2. The summed E-state index contributed by atoms with van der Waals surface area (Å²) in [5.74, 6) is -2.04. The van der Waals surface area contributed by atoms with Crippen LogP contribution in [0.1, 0.15) is 30.6 Å². The van der Waals surface area contributed by atoms with Crippen LogP contribution in [0.4, 0.5) is 5.69 Å². The molecule has 0 saturated carbocycles. The van der Waals surface area contributed by atoms with Gasteiger partial charge >= 0.3 is 5.97 Å². The summed E-state index contributed by atoms with van der Waals surface area (Å²) in [6.07, 6.45) is 0.882. The van der Waals surface area contributed by atoms with Crippen LogP contribution < -0.4 is 16.1 Å². The zero-order valence-electron chi connectivity index (χ0n) is 14.4. The van der Waals surface area contributed by atoms with Crippen molar-refractivity contribution >= 4 is 29.8 Å². The molecule has 26 heavy (non-hydrogen) atoms. The lowest BCUT2D eigenvalue weighted by Gasteiger charge is -2.20. The molecule has 0 aliphatic heterocycles. The van der Waals surface area contributed by atoms with Gasteiger partial charge in [-0.3, -0.25) is 14.4 Å². The van der Waals surface area contributed by atoms with Crippen LogP contribution in [0.5, 0.6) is 0 Å². The van der Waals surface area contributed by atoms with Gasteiger partial charge in [0.15, 0.2) is 0 Å². The Morgan fingerprint density at radius 3 is 2.62 bits per heavy atom. The van der Waals surface area contributed by atoms with Gasteiger partial charge in [-0.05, 0) is 24.1 Å². The van der Waals surface area contributed by atoms with Gasteiger partial charge < -0.3 is 15.7 Å².